The summed E-state index contributed by atoms with van der Waals surface area (Å²) in [5, 5.41) is 2.77. The van der Waals surface area contributed by atoms with Crippen LogP contribution in [0.3, 0.4) is 0 Å². The average molecular weight is 729 g/mol. The molecule has 45 heavy (non-hydrogen) atoms. The minimum Gasteiger partial charge on any atom is -0.483 e. The number of H-pyrrole nitrogens is 1. The molecule has 6 rings (SSSR count). The zero-order valence-electron chi connectivity index (χ0n) is 23.4. The molecule has 3 heterocycles. The Morgan fingerprint density at radius 3 is 2.47 bits per heavy atom. The molecule has 2 aliphatic heterocycles. The Kier molecular flexibility index (Phi) is 8.87. The van der Waals surface area contributed by atoms with E-state index in [2.05, 4.69) is 26.2 Å². The van der Waals surface area contributed by atoms with Gasteiger partial charge >= 0.3 is 10.8 Å². The number of carbonyl (C=O) groups excluding carboxylic acids is 4. The van der Waals surface area contributed by atoms with Gasteiger partial charge in [0.05, 0.1) is 28.8 Å². The van der Waals surface area contributed by atoms with Gasteiger partial charge in [0.15, 0.2) is 6.61 Å². The fourth-order valence-electron chi connectivity index (χ4n) is 5.34. The van der Waals surface area contributed by atoms with Gasteiger partial charge in [-0.05, 0) is 73.7 Å². The first kappa shape index (κ1) is 31.1. The summed E-state index contributed by atoms with van der Waals surface area (Å²) in [6.45, 7) is 1.57. The van der Waals surface area contributed by atoms with Crippen LogP contribution in [0, 0.1) is 5.92 Å². The molecule has 2 N–H and O–H groups in total. The Balaban J connectivity index is 1.28. The van der Waals surface area contributed by atoms with Gasteiger partial charge in [0.1, 0.15) is 11.0 Å². The lowest BCUT2D eigenvalue weighted by molar-refractivity contribution is -0.122. The Morgan fingerprint density at radius 1 is 1.02 bits per heavy atom. The smallest absolute Gasteiger partial charge is 0.338 e. The lowest BCUT2D eigenvalue weighted by Gasteiger charge is -2.31. The Hall–Kier alpha value is -3.91. The number of nitrogens with zero attached hydrogens (tertiary/aromatic N) is 1. The van der Waals surface area contributed by atoms with Crippen LogP contribution >= 0.6 is 50.6 Å². The molecule has 10 nitrogen and oxygen atoms in total. The van der Waals surface area contributed by atoms with Crippen molar-refractivity contribution in [3.8, 4) is 5.75 Å². The number of benzene rings is 3. The molecular weight excluding hydrogens is 706 g/mol. The Bertz CT molecular complexity index is 1880. The van der Waals surface area contributed by atoms with E-state index >= 15 is 0 Å². The van der Waals surface area contributed by atoms with Gasteiger partial charge < -0.3 is 19.8 Å². The lowest BCUT2D eigenvalue weighted by Crippen LogP contribution is -2.32. The fourth-order valence-corrected chi connectivity index (χ4v) is 8.29. The molecule has 2 aliphatic rings. The summed E-state index contributed by atoms with van der Waals surface area (Å²) < 4.78 is 11.8. The Morgan fingerprint density at radius 2 is 1.76 bits per heavy atom. The van der Waals surface area contributed by atoms with Crippen LogP contribution in [0.2, 0.25) is 5.02 Å². The average Bonchev–Trinajstić information content (AvgIpc) is 3.51. The van der Waals surface area contributed by atoms with Gasteiger partial charge in [-0.2, -0.15) is 0 Å². The number of aromatic nitrogens is 1. The number of fused-ring (bicyclic) bond motifs is 2. The third-order valence-electron chi connectivity index (χ3n) is 7.25. The zero-order chi connectivity index (χ0) is 31.8. The van der Waals surface area contributed by atoms with Gasteiger partial charge in [-0.25, -0.2) is 9.69 Å². The highest BCUT2D eigenvalue weighted by molar-refractivity contribution is 9.10. The number of amides is 3. The van der Waals surface area contributed by atoms with E-state index in [-0.39, 0.29) is 17.2 Å². The van der Waals surface area contributed by atoms with Crippen LogP contribution in [-0.4, -0.2) is 47.1 Å². The number of thioether (sulfide) groups is 1. The monoisotopic (exact) mass is 727 g/mol. The number of esters is 1. The number of imide groups is 1. The molecule has 4 aromatic rings. The second-order valence-electron chi connectivity index (χ2n) is 10.1. The third kappa shape index (κ3) is 6.17. The summed E-state index contributed by atoms with van der Waals surface area (Å²) in [4.78, 5) is 69.3. The highest BCUT2D eigenvalue weighted by Crippen LogP contribution is 2.54. The zero-order valence-corrected chi connectivity index (χ0v) is 27.3. The van der Waals surface area contributed by atoms with Crippen molar-refractivity contribution < 1.29 is 28.7 Å². The summed E-state index contributed by atoms with van der Waals surface area (Å²) in [5.74, 6) is -3.08. The number of ether oxygens (including phenoxy) is 2. The highest BCUT2D eigenvalue weighted by atomic mass is 79.9. The number of hydrogen-bond donors (Lipinski definition) is 2. The largest absolute Gasteiger partial charge is 0.483 e. The number of halogens is 2. The maximum absolute atomic E-state index is 14.0. The predicted molar refractivity (Wildman–Crippen MR) is 175 cm³/mol. The van der Waals surface area contributed by atoms with Crippen molar-refractivity contribution in [3.05, 3.63) is 102 Å². The molecule has 1 saturated heterocycles. The molecule has 0 aliphatic carbocycles. The van der Waals surface area contributed by atoms with Crippen LogP contribution in [0.5, 0.6) is 5.75 Å². The molecule has 3 amide bonds. The summed E-state index contributed by atoms with van der Waals surface area (Å²) in [6.07, 6.45) is 0. The minimum atomic E-state index is -0.863. The van der Waals surface area contributed by atoms with Gasteiger partial charge in [0.2, 0.25) is 11.8 Å². The van der Waals surface area contributed by atoms with Crippen molar-refractivity contribution in [2.45, 2.75) is 23.1 Å². The number of rotatable bonds is 8. The molecule has 0 saturated carbocycles. The molecule has 1 aromatic heterocycles. The molecule has 1 fully saturated rings. The molecule has 3 atom stereocenters. The lowest BCUT2D eigenvalue weighted by atomic mass is 9.82. The normalized spacial score (nSPS) is 18.7. The predicted octanol–water partition coefficient (Wildman–Crippen LogP) is 5.84. The maximum Gasteiger partial charge on any atom is 0.338 e. The summed E-state index contributed by atoms with van der Waals surface area (Å²) in [7, 11) is 0. The van der Waals surface area contributed by atoms with Crippen molar-refractivity contribution in [1.82, 2.24) is 4.98 Å². The van der Waals surface area contributed by atoms with E-state index in [0.29, 0.717) is 37.4 Å². The van der Waals surface area contributed by atoms with Gasteiger partial charge in [0.25, 0.3) is 5.91 Å². The van der Waals surface area contributed by atoms with Crippen LogP contribution in [0.4, 0.5) is 11.4 Å². The number of carbonyl (C=O) groups is 4. The van der Waals surface area contributed by atoms with E-state index in [1.54, 1.807) is 73.7 Å². The van der Waals surface area contributed by atoms with Gasteiger partial charge in [0, 0.05) is 31.5 Å². The van der Waals surface area contributed by atoms with Crippen molar-refractivity contribution in [1.29, 1.82) is 0 Å². The van der Waals surface area contributed by atoms with Gasteiger partial charge in [-0.15, -0.1) is 0 Å². The van der Waals surface area contributed by atoms with Crippen molar-refractivity contribution in [2.75, 3.05) is 23.4 Å². The number of nitrogens with one attached hydrogen (secondary N) is 2. The number of aromatic amines is 1. The number of hydrogen-bond acceptors (Lipinski definition) is 9. The van der Waals surface area contributed by atoms with E-state index in [4.69, 9.17) is 21.1 Å². The standard InChI is InChI=1S/C31H23BrClN3O7S2/c1-2-42-30(40)15-3-8-18(9-4-15)34-22(37)14-43-21-12-7-17(33)13-20(21)23-24-26(44-27-25(23)45-31(41)35-27)29(39)36(28(24)38)19-10-5-16(32)6-11-19/h3-13,23-24,26H,2,14H2,1H3,(H,34,37)(H,35,41)/t23-,24?,26?/m1/s1. The van der Waals surface area contributed by atoms with Crippen LogP contribution < -0.4 is 19.8 Å². The van der Waals surface area contributed by atoms with Gasteiger partial charge in [-0.1, -0.05) is 50.6 Å². The van der Waals surface area contributed by atoms with Crippen LogP contribution in [0.15, 0.2) is 81.0 Å². The first-order valence-corrected chi connectivity index (χ1v) is 16.5. The van der Waals surface area contributed by atoms with Crippen LogP contribution in [-0.2, 0) is 19.1 Å². The minimum absolute atomic E-state index is 0.250. The third-order valence-corrected chi connectivity index (χ3v) is 10.4. The van der Waals surface area contributed by atoms with Crippen LogP contribution in [0.1, 0.15) is 33.6 Å². The fraction of sp³-hybridized carbons (Fsp3) is 0.194. The maximum atomic E-state index is 14.0. The second-order valence-corrected chi connectivity index (χ2v) is 13.6. The SMILES string of the molecule is CCOC(=O)c1ccc(NC(=O)COc2ccc(Cl)cc2[C@H]2c3sc(=O)[nH]c3SC3C(=O)N(c4ccc(Br)cc4)C(=O)C32)cc1. The highest BCUT2D eigenvalue weighted by Gasteiger charge is 2.56. The van der Waals surface area contributed by atoms with E-state index in [1.165, 1.54) is 4.90 Å². The van der Waals surface area contributed by atoms with E-state index in [1.807, 2.05) is 0 Å². The topological polar surface area (TPSA) is 135 Å². The summed E-state index contributed by atoms with van der Waals surface area (Å²) >= 11 is 11.9. The van der Waals surface area contributed by atoms with E-state index in [0.717, 1.165) is 27.6 Å². The Labute approximate surface area is 278 Å². The summed E-state index contributed by atoms with van der Waals surface area (Å²) in [5.41, 5.74) is 1.71. The van der Waals surface area contributed by atoms with E-state index < -0.39 is 47.4 Å². The van der Waals surface area contributed by atoms with Crippen molar-refractivity contribution in [2.24, 2.45) is 5.92 Å². The molecule has 0 spiro atoms. The van der Waals surface area contributed by atoms with E-state index in [9.17, 15) is 24.0 Å². The van der Waals surface area contributed by atoms with Gasteiger partial charge in [-0.3, -0.25) is 19.2 Å². The number of thiazole rings is 1. The first-order chi connectivity index (χ1) is 21.6. The van der Waals surface area contributed by atoms with Crippen LogP contribution in [0.25, 0.3) is 0 Å². The molecule has 230 valence electrons. The van der Waals surface area contributed by atoms with Crippen molar-refractivity contribution in [3.63, 3.8) is 0 Å². The molecule has 2 unspecified atom stereocenters. The molecule has 3 aromatic carbocycles. The second kappa shape index (κ2) is 12.8. The number of anilines is 2. The molecular formula is C31H23BrClN3O7S2. The molecule has 0 radical (unpaired) electrons. The summed E-state index contributed by atoms with van der Waals surface area (Å²) in [6, 6.07) is 17.9. The molecule has 0 bridgehead atoms. The van der Waals surface area contributed by atoms with Crippen molar-refractivity contribution >= 4 is 85.7 Å². The quantitative estimate of drug-likeness (QED) is 0.171. The first-order valence-electron chi connectivity index (χ1n) is 13.7. The molecule has 14 heteroatoms.